The zero-order valence-corrected chi connectivity index (χ0v) is 17.5. The molecule has 0 bridgehead atoms. The minimum absolute atomic E-state index is 0.218. The first kappa shape index (κ1) is 19.9. The van der Waals surface area contributed by atoms with E-state index in [4.69, 9.17) is 11.6 Å². The number of carbonyl (C=O) groups is 2. The molecule has 150 valence electrons. The summed E-state index contributed by atoms with van der Waals surface area (Å²) in [7, 11) is 0. The Hall–Kier alpha value is -3.42. The highest BCUT2D eigenvalue weighted by Crippen LogP contribution is 2.31. The Balaban J connectivity index is 1.51. The van der Waals surface area contributed by atoms with Crippen molar-refractivity contribution in [1.82, 2.24) is 4.98 Å². The number of aryl methyl sites for hydroxylation is 1. The van der Waals surface area contributed by atoms with E-state index in [2.05, 4.69) is 20.9 Å². The van der Waals surface area contributed by atoms with Gasteiger partial charge in [-0.25, -0.2) is 9.78 Å². The number of nitrogens with zero attached hydrogens (tertiary/aromatic N) is 1. The van der Waals surface area contributed by atoms with Gasteiger partial charge in [-0.15, -0.1) is 0 Å². The number of benzene rings is 3. The molecule has 4 rings (SSSR count). The molecule has 0 aliphatic carbocycles. The second-order valence-corrected chi connectivity index (χ2v) is 7.98. The van der Waals surface area contributed by atoms with E-state index in [1.165, 1.54) is 11.3 Å². The van der Waals surface area contributed by atoms with Crippen LogP contribution in [0.25, 0.3) is 10.2 Å². The van der Waals surface area contributed by atoms with Crippen molar-refractivity contribution in [2.45, 2.75) is 6.92 Å². The van der Waals surface area contributed by atoms with Gasteiger partial charge in [-0.05, 0) is 48.9 Å². The van der Waals surface area contributed by atoms with Crippen LogP contribution in [0.5, 0.6) is 0 Å². The number of para-hydroxylation sites is 1. The van der Waals surface area contributed by atoms with Crippen LogP contribution >= 0.6 is 22.9 Å². The van der Waals surface area contributed by atoms with Gasteiger partial charge in [0.05, 0.1) is 20.9 Å². The third-order valence-electron chi connectivity index (χ3n) is 4.32. The van der Waals surface area contributed by atoms with Crippen molar-refractivity contribution < 1.29 is 9.59 Å². The fourth-order valence-electron chi connectivity index (χ4n) is 2.93. The molecule has 0 saturated carbocycles. The molecule has 0 aliphatic heterocycles. The van der Waals surface area contributed by atoms with Crippen molar-refractivity contribution in [1.29, 1.82) is 0 Å². The molecule has 3 aromatic carbocycles. The van der Waals surface area contributed by atoms with Crippen LogP contribution in [0.3, 0.4) is 0 Å². The molecule has 0 aliphatic rings. The number of urea groups is 1. The van der Waals surface area contributed by atoms with Gasteiger partial charge in [-0.1, -0.05) is 53.3 Å². The second-order valence-electron chi connectivity index (χ2n) is 6.54. The van der Waals surface area contributed by atoms with Gasteiger partial charge in [0.2, 0.25) is 0 Å². The summed E-state index contributed by atoms with van der Waals surface area (Å²) in [5.74, 6) is -0.218. The molecule has 8 heteroatoms. The van der Waals surface area contributed by atoms with E-state index in [0.717, 1.165) is 15.8 Å². The summed E-state index contributed by atoms with van der Waals surface area (Å²) in [6.07, 6.45) is 0. The first-order valence-electron chi connectivity index (χ1n) is 9.10. The SMILES string of the molecule is Cc1cc(NC(=O)Nc2ccccc2Cl)cc2sc(NC(=O)c3ccccc3)nc12. The number of fused-ring (bicyclic) bond motifs is 1. The standard InChI is InChI=1S/C22H17ClN4O2S/c1-13-11-15(24-21(29)25-17-10-6-5-9-16(17)23)12-18-19(13)26-22(30-18)27-20(28)14-7-3-2-4-8-14/h2-12H,1H3,(H2,24,25,29)(H,26,27,28). The molecule has 6 nitrogen and oxygen atoms in total. The summed E-state index contributed by atoms with van der Waals surface area (Å²) in [6.45, 7) is 1.90. The van der Waals surface area contributed by atoms with Crippen LogP contribution in [-0.4, -0.2) is 16.9 Å². The number of anilines is 3. The maximum atomic E-state index is 12.4. The molecule has 0 radical (unpaired) electrons. The highest BCUT2D eigenvalue weighted by atomic mass is 35.5. The lowest BCUT2D eigenvalue weighted by atomic mass is 10.2. The third-order valence-corrected chi connectivity index (χ3v) is 5.57. The minimum atomic E-state index is -0.399. The predicted molar refractivity (Wildman–Crippen MR) is 123 cm³/mol. The van der Waals surface area contributed by atoms with Crippen LogP contribution in [0.4, 0.5) is 21.3 Å². The molecule has 3 amide bonds. The number of nitrogens with one attached hydrogen (secondary N) is 3. The molecule has 1 aromatic heterocycles. The van der Waals surface area contributed by atoms with Crippen LogP contribution in [0.2, 0.25) is 5.02 Å². The Labute approximate surface area is 181 Å². The van der Waals surface area contributed by atoms with Gasteiger partial charge < -0.3 is 10.6 Å². The van der Waals surface area contributed by atoms with Crippen LogP contribution in [0, 0.1) is 6.92 Å². The van der Waals surface area contributed by atoms with Gasteiger partial charge in [0.15, 0.2) is 5.13 Å². The first-order valence-corrected chi connectivity index (χ1v) is 10.3. The first-order chi connectivity index (χ1) is 14.5. The molecule has 1 heterocycles. The van der Waals surface area contributed by atoms with Crippen LogP contribution in [-0.2, 0) is 0 Å². The van der Waals surface area contributed by atoms with Crippen molar-refractivity contribution in [3.63, 3.8) is 0 Å². The van der Waals surface area contributed by atoms with E-state index >= 15 is 0 Å². The van der Waals surface area contributed by atoms with Crippen molar-refractivity contribution in [3.05, 3.63) is 82.9 Å². The Kier molecular flexibility index (Phi) is 5.65. The molecule has 0 atom stereocenters. The number of amides is 3. The minimum Gasteiger partial charge on any atom is -0.308 e. The lowest BCUT2D eigenvalue weighted by molar-refractivity contribution is 0.102. The van der Waals surface area contributed by atoms with Crippen LogP contribution < -0.4 is 16.0 Å². The van der Waals surface area contributed by atoms with Crippen molar-refractivity contribution in [2.24, 2.45) is 0 Å². The number of carbonyl (C=O) groups excluding carboxylic acids is 2. The maximum Gasteiger partial charge on any atom is 0.323 e. The number of thiazole rings is 1. The van der Waals surface area contributed by atoms with Crippen LogP contribution in [0.15, 0.2) is 66.7 Å². The Bertz CT molecular complexity index is 1240. The maximum absolute atomic E-state index is 12.4. The van der Waals surface area contributed by atoms with E-state index < -0.39 is 6.03 Å². The van der Waals surface area contributed by atoms with E-state index in [9.17, 15) is 9.59 Å². The molecular weight excluding hydrogens is 420 g/mol. The Morgan fingerprint density at radius 2 is 1.67 bits per heavy atom. The highest BCUT2D eigenvalue weighted by molar-refractivity contribution is 7.22. The lowest BCUT2D eigenvalue weighted by Gasteiger charge is -2.09. The molecular formula is C22H17ClN4O2S. The fourth-order valence-corrected chi connectivity index (χ4v) is 4.09. The van der Waals surface area contributed by atoms with E-state index in [-0.39, 0.29) is 5.91 Å². The zero-order valence-electron chi connectivity index (χ0n) is 15.9. The quantitative estimate of drug-likeness (QED) is 0.358. The largest absolute Gasteiger partial charge is 0.323 e. The van der Waals surface area contributed by atoms with E-state index in [1.807, 2.05) is 37.3 Å². The smallest absolute Gasteiger partial charge is 0.308 e. The zero-order chi connectivity index (χ0) is 21.1. The fraction of sp³-hybridized carbons (Fsp3) is 0.0455. The average Bonchev–Trinajstić information content (AvgIpc) is 3.13. The van der Waals surface area contributed by atoms with Crippen molar-refractivity contribution >= 4 is 61.6 Å². The summed E-state index contributed by atoms with van der Waals surface area (Å²) < 4.78 is 0.853. The van der Waals surface area contributed by atoms with Crippen molar-refractivity contribution in [2.75, 3.05) is 16.0 Å². The number of hydrogen-bond acceptors (Lipinski definition) is 4. The van der Waals surface area contributed by atoms with Gasteiger partial charge in [-0.2, -0.15) is 0 Å². The number of aromatic nitrogens is 1. The molecule has 4 aromatic rings. The third kappa shape index (κ3) is 4.42. The van der Waals surface area contributed by atoms with Gasteiger partial charge in [0.1, 0.15) is 0 Å². The lowest BCUT2D eigenvalue weighted by Crippen LogP contribution is -2.19. The normalized spacial score (nSPS) is 10.6. The van der Waals surface area contributed by atoms with E-state index in [1.54, 1.807) is 36.4 Å². The highest BCUT2D eigenvalue weighted by Gasteiger charge is 2.13. The summed E-state index contributed by atoms with van der Waals surface area (Å²) in [4.78, 5) is 29.2. The monoisotopic (exact) mass is 436 g/mol. The predicted octanol–water partition coefficient (Wildman–Crippen LogP) is 6.15. The van der Waals surface area contributed by atoms with E-state index in [0.29, 0.717) is 27.1 Å². The number of halogens is 1. The molecule has 3 N–H and O–H groups in total. The molecule has 0 unspecified atom stereocenters. The van der Waals surface area contributed by atoms with Crippen molar-refractivity contribution in [3.8, 4) is 0 Å². The topological polar surface area (TPSA) is 83.1 Å². The molecule has 0 spiro atoms. The summed E-state index contributed by atoms with van der Waals surface area (Å²) >= 11 is 7.43. The second kappa shape index (κ2) is 8.52. The average molecular weight is 437 g/mol. The summed E-state index contributed by atoms with van der Waals surface area (Å²) in [6, 6.07) is 19.2. The van der Waals surface area contributed by atoms with Gasteiger partial charge in [-0.3, -0.25) is 10.1 Å². The molecule has 30 heavy (non-hydrogen) atoms. The summed E-state index contributed by atoms with van der Waals surface area (Å²) in [5, 5.41) is 9.32. The molecule has 0 fully saturated rings. The number of hydrogen-bond donors (Lipinski definition) is 3. The Morgan fingerprint density at radius 3 is 2.43 bits per heavy atom. The number of rotatable bonds is 4. The molecule has 0 saturated heterocycles. The van der Waals surface area contributed by atoms with Gasteiger partial charge >= 0.3 is 6.03 Å². The Morgan fingerprint density at radius 1 is 0.933 bits per heavy atom. The van der Waals surface area contributed by atoms with Gasteiger partial charge in [0, 0.05) is 11.3 Å². The van der Waals surface area contributed by atoms with Crippen LogP contribution in [0.1, 0.15) is 15.9 Å². The summed E-state index contributed by atoms with van der Waals surface area (Å²) in [5.41, 5.74) is 3.37. The van der Waals surface area contributed by atoms with Gasteiger partial charge in [0.25, 0.3) is 5.91 Å².